The fraction of sp³-hybridized carbons (Fsp3) is 0.909. The highest BCUT2D eigenvalue weighted by Crippen LogP contribution is 2.37. The van der Waals surface area contributed by atoms with Crippen LogP contribution in [-0.2, 0) is 4.79 Å². The Morgan fingerprint density at radius 3 is 2.50 bits per heavy atom. The van der Waals surface area contributed by atoms with Crippen LogP contribution in [0.15, 0.2) is 0 Å². The van der Waals surface area contributed by atoms with Crippen molar-refractivity contribution in [3.63, 3.8) is 0 Å². The molecule has 3 unspecified atom stereocenters. The summed E-state index contributed by atoms with van der Waals surface area (Å²) in [4.78, 5) is 11.5. The van der Waals surface area contributed by atoms with E-state index in [0.29, 0.717) is 11.8 Å². The smallest absolute Gasteiger partial charge is 0.223 e. The quantitative estimate of drug-likeness (QED) is 0.698. The van der Waals surface area contributed by atoms with Gasteiger partial charge in [0.1, 0.15) is 0 Å². The molecule has 0 heterocycles. The molecule has 1 saturated carbocycles. The van der Waals surface area contributed by atoms with Crippen molar-refractivity contribution in [1.29, 1.82) is 0 Å². The van der Waals surface area contributed by atoms with Gasteiger partial charge in [-0.05, 0) is 24.7 Å². The topological polar surface area (TPSA) is 49.3 Å². The van der Waals surface area contributed by atoms with Crippen molar-refractivity contribution >= 4 is 5.91 Å². The molecule has 14 heavy (non-hydrogen) atoms. The van der Waals surface area contributed by atoms with Crippen LogP contribution in [0.25, 0.3) is 0 Å². The molecule has 82 valence electrons. The summed E-state index contributed by atoms with van der Waals surface area (Å²) in [6, 6.07) is -0.0599. The molecular weight excluding hydrogens is 178 g/mol. The van der Waals surface area contributed by atoms with Crippen LogP contribution in [0, 0.1) is 17.8 Å². The second-order valence-electron chi connectivity index (χ2n) is 4.84. The van der Waals surface area contributed by atoms with Crippen molar-refractivity contribution in [2.75, 3.05) is 6.61 Å². The fourth-order valence-electron chi connectivity index (χ4n) is 1.74. The molecule has 1 amide bonds. The van der Waals surface area contributed by atoms with Gasteiger partial charge in [-0.1, -0.05) is 20.8 Å². The maximum absolute atomic E-state index is 11.5. The Morgan fingerprint density at radius 1 is 1.57 bits per heavy atom. The van der Waals surface area contributed by atoms with Crippen molar-refractivity contribution in [3.05, 3.63) is 0 Å². The molecule has 3 nitrogen and oxygen atoms in total. The molecule has 0 saturated heterocycles. The van der Waals surface area contributed by atoms with Gasteiger partial charge >= 0.3 is 0 Å². The van der Waals surface area contributed by atoms with E-state index < -0.39 is 0 Å². The Morgan fingerprint density at radius 2 is 2.14 bits per heavy atom. The van der Waals surface area contributed by atoms with Gasteiger partial charge in [0.2, 0.25) is 5.91 Å². The highest BCUT2D eigenvalue weighted by molar-refractivity contribution is 5.81. The summed E-state index contributed by atoms with van der Waals surface area (Å²) in [6.45, 7) is 6.31. The highest BCUT2D eigenvalue weighted by Gasteiger charge is 2.39. The molecule has 3 heteroatoms. The maximum atomic E-state index is 11.5. The average molecular weight is 199 g/mol. The molecule has 0 bridgehead atoms. The first kappa shape index (κ1) is 11.5. The molecule has 1 aliphatic carbocycles. The monoisotopic (exact) mass is 199 g/mol. The van der Waals surface area contributed by atoms with E-state index >= 15 is 0 Å². The number of carbonyl (C=O) groups is 1. The molecule has 0 aliphatic heterocycles. The summed E-state index contributed by atoms with van der Waals surface area (Å²) < 4.78 is 0. The standard InChI is InChI=1S/C11H21NO2/c1-7(2)4-9(6-13)12-11(14)10-5-8(10)3/h7-10,13H,4-6H2,1-3H3,(H,12,14). The Bertz CT molecular complexity index is 203. The van der Waals surface area contributed by atoms with Crippen LogP contribution in [-0.4, -0.2) is 23.7 Å². The number of hydrogen-bond donors (Lipinski definition) is 2. The second-order valence-corrected chi connectivity index (χ2v) is 4.84. The van der Waals surface area contributed by atoms with Crippen LogP contribution in [0.5, 0.6) is 0 Å². The first-order valence-electron chi connectivity index (χ1n) is 5.45. The summed E-state index contributed by atoms with van der Waals surface area (Å²) in [7, 11) is 0. The first-order chi connectivity index (χ1) is 6.54. The predicted molar refractivity (Wildman–Crippen MR) is 55.7 cm³/mol. The van der Waals surface area contributed by atoms with E-state index in [2.05, 4.69) is 26.1 Å². The largest absolute Gasteiger partial charge is 0.394 e. The molecule has 1 rings (SSSR count). The van der Waals surface area contributed by atoms with Crippen LogP contribution in [0.3, 0.4) is 0 Å². The van der Waals surface area contributed by atoms with E-state index in [1.165, 1.54) is 0 Å². The minimum Gasteiger partial charge on any atom is -0.394 e. The number of rotatable bonds is 5. The Hall–Kier alpha value is -0.570. The summed E-state index contributed by atoms with van der Waals surface area (Å²) in [6.07, 6.45) is 1.86. The third kappa shape index (κ3) is 3.29. The number of carbonyl (C=O) groups excluding carboxylic acids is 1. The van der Waals surface area contributed by atoms with Crippen LogP contribution in [0.4, 0.5) is 0 Å². The van der Waals surface area contributed by atoms with Crippen molar-refractivity contribution < 1.29 is 9.90 Å². The van der Waals surface area contributed by atoms with E-state index in [1.807, 2.05) is 0 Å². The minimum absolute atomic E-state index is 0.0466. The fourth-order valence-corrected chi connectivity index (χ4v) is 1.74. The van der Waals surface area contributed by atoms with Gasteiger partial charge in [-0.25, -0.2) is 0 Å². The number of amides is 1. The molecule has 0 aromatic rings. The predicted octanol–water partition coefficient (Wildman–Crippen LogP) is 1.17. The molecule has 2 N–H and O–H groups in total. The highest BCUT2D eigenvalue weighted by atomic mass is 16.3. The zero-order valence-corrected chi connectivity index (χ0v) is 9.29. The summed E-state index contributed by atoms with van der Waals surface area (Å²) in [5, 5.41) is 12.0. The van der Waals surface area contributed by atoms with Crippen molar-refractivity contribution in [3.8, 4) is 0 Å². The van der Waals surface area contributed by atoms with E-state index in [9.17, 15) is 4.79 Å². The number of nitrogens with one attached hydrogen (secondary N) is 1. The van der Waals surface area contributed by atoms with Crippen LogP contribution >= 0.6 is 0 Å². The number of aliphatic hydroxyl groups is 1. The van der Waals surface area contributed by atoms with Gasteiger partial charge in [0.05, 0.1) is 12.6 Å². The number of aliphatic hydroxyl groups excluding tert-OH is 1. The summed E-state index contributed by atoms with van der Waals surface area (Å²) in [5.41, 5.74) is 0. The zero-order chi connectivity index (χ0) is 10.7. The van der Waals surface area contributed by atoms with Crippen molar-refractivity contribution in [2.24, 2.45) is 17.8 Å². The lowest BCUT2D eigenvalue weighted by molar-refractivity contribution is -0.123. The molecule has 0 aromatic heterocycles. The first-order valence-corrected chi connectivity index (χ1v) is 5.45. The molecule has 0 radical (unpaired) electrons. The van der Waals surface area contributed by atoms with E-state index in [1.54, 1.807) is 0 Å². The van der Waals surface area contributed by atoms with Crippen molar-refractivity contribution in [2.45, 2.75) is 39.7 Å². The zero-order valence-electron chi connectivity index (χ0n) is 9.29. The second kappa shape index (κ2) is 4.78. The van der Waals surface area contributed by atoms with Gasteiger partial charge in [-0.15, -0.1) is 0 Å². The van der Waals surface area contributed by atoms with Crippen LogP contribution < -0.4 is 5.32 Å². The SMILES string of the molecule is CC(C)CC(CO)NC(=O)C1CC1C. The van der Waals surface area contributed by atoms with E-state index in [0.717, 1.165) is 12.8 Å². The third-order valence-corrected chi connectivity index (χ3v) is 2.77. The molecule has 3 atom stereocenters. The van der Waals surface area contributed by atoms with Gasteiger partial charge < -0.3 is 10.4 Å². The van der Waals surface area contributed by atoms with Gasteiger partial charge in [-0.3, -0.25) is 4.79 Å². The Labute approximate surface area is 85.9 Å². The third-order valence-electron chi connectivity index (χ3n) is 2.77. The minimum atomic E-state index is -0.0599. The molecule has 1 aliphatic rings. The molecule has 0 spiro atoms. The van der Waals surface area contributed by atoms with E-state index in [-0.39, 0.29) is 24.5 Å². The number of hydrogen-bond acceptors (Lipinski definition) is 2. The Kier molecular flexibility index (Phi) is 3.93. The molecule has 1 fully saturated rings. The van der Waals surface area contributed by atoms with Gasteiger partial charge in [0.15, 0.2) is 0 Å². The van der Waals surface area contributed by atoms with E-state index in [4.69, 9.17) is 5.11 Å². The van der Waals surface area contributed by atoms with Gasteiger partial charge in [-0.2, -0.15) is 0 Å². The van der Waals surface area contributed by atoms with Gasteiger partial charge in [0.25, 0.3) is 0 Å². The lowest BCUT2D eigenvalue weighted by Crippen LogP contribution is -2.39. The Balaban J connectivity index is 2.29. The van der Waals surface area contributed by atoms with Crippen LogP contribution in [0.1, 0.15) is 33.6 Å². The maximum Gasteiger partial charge on any atom is 0.223 e. The summed E-state index contributed by atoms with van der Waals surface area (Å²) in [5.74, 6) is 1.37. The normalized spacial score (nSPS) is 27.5. The lowest BCUT2D eigenvalue weighted by Gasteiger charge is -2.18. The average Bonchev–Trinajstić information content (AvgIpc) is 2.80. The lowest BCUT2D eigenvalue weighted by atomic mass is 10.0. The van der Waals surface area contributed by atoms with Crippen molar-refractivity contribution in [1.82, 2.24) is 5.32 Å². The van der Waals surface area contributed by atoms with Crippen LogP contribution in [0.2, 0.25) is 0 Å². The molecule has 0 aromatic carbocycles. The summed E-state index contributed by atoms with van der Waals surface area (Å²) >= 11 is 0. The molecular formula is C11H21NO2. The van der Waals surface area contributed by atoms with Gasteiger partial charge in [0, 0.05) is 5.92 Å².